The van der Waals surface area contributed by atoms with Gasteiger partial charge in [0.1, 0.15) is 5.82 Å². The Bertz CT molecular complexity index is 960. The maximum atomic E-state index is 13.9. The Morgan fingerprint density at radius 3 is 2.60 bits per heavy atom. The second-order valence-electron chi connectivity index (χ2n) is 6.79. The summed E-state index contributed by atoms with van der Waals surface area (Å²) in [6.45, 7) is 1.47. The third-order valence-corrected chi connectivity index (χ3v) is 4.62. The molecule has 8 nitrogen and oxygen atoms in total. The zero-order valence-corrected chi connectivity index (χ0v) is 16.4. The van der Waals surface area contributed by atoms with Crippen molar-refractivity contribution < 1.29 is 28.4 Å². The Kier molecular flexibility index (Phi) is 6.61. The molecule has 0 spiro atoms. The lowest BCUT2D eigenvalue weighted by Crippen LogP contribution is -2.36. The number of benzene rings is 2. The molecule has 0 atom stereocenters. The van der Waals surface area contributed by atoms with Crippen molar-refractivity contribution >= 4 is 17.6 Å². The number of amides is 1. The van der Waals surface area contributed by atoms with Crippen LogP contribution in [0.25, 0.3) is 0 Å². The predicted molar refractivity (Wildman–Crippen MR) is 105 cm³/mol. The number of rotatable bonds is 9. The summed E-state index contributed by atoms with van der Waals surface area (Å²) < 4.78 is 24.2. The Hall–Kier alpha value is -3.49. The zero-order chi connectivity index (χ0) is 21.7. The van der Waals surface area contributed by atoms with Crippen LogP contribution in [0, 0.1) is 15.9 Å². The van der Waals surface area contributed by atoms with E-state index in [0.29, 0.717) is 5.56 Å². The van der Waals surface area contributed by atoms with Crippen molar-refractivity contribution in [2.24, 2.45) is 0 Å². The quantitative estimate of drug-likeness (QED) is 0.353. The standard InChI is InChI=1S/C21H21FN2O6/c1-2-29-19-10-7-14(11-18(19)24(27)28)21(26)30-13-20(25)23(16-8-9-16)12-15-5-3-4-6-17(15)22/h3-7,10-11,16H,2,8-9,12-13H2,1H3. The molecule has 0 aromatic heterocycles. The van der Waals surface area contributed by atoms with Crippen LogP contribution in [0.3, 0.4) is 0 Å². The van der Waals surface area contributed by atoms with Crippen molar-refractivity contribution in [3.63, 3.8) is 0 Å². The van der Waals surface area contributed by atoms with Gasteiger partial charge in [0.15, 0.2) is 12.4 Å². The third kappa shape index (κ3) is 5.11. The Balaban J connectivity index is 1.65. The normalized spacial score (nSPS) is 12.9. The molecule has 1 aliphatic rings. The number of hydrogen-bond donors (Lipinski definition) is 0. The largest absolute Gasteiger partial charge is 0.487 e. The lowest BCUT2D eigenvalue weighted by molar-refractivity contribution is -0.385. The lowest BCUT2D eigenvalue weighted by Gasteiger charge is -2.22. The molecular formula is C21H21FN2O6. The second-order valence-corrected chi connectivity index (χ2v) is 6.79. The molecule has 0 heterocycles. The average molecular weight is 416 g/mol. The minimum atomic E-state index is -0.865. The molecule has 2 aromatic carbocycles. The van der Waals surface area contributed by atoms with E-state index in [4.69, 9.17) is 9.47 Å². The third-order valence-electron chi connectivity index (χ3n) is 4.62. The van der Waals surface area contributed by atoms with Gasteiger partial charge in [0, 0.05) is 24.2 Å². The number of esters is 1. The van der Waals surface area contributed by atoms with Crippen LogP contribution in [0.15, 0.2) is 42.5 Å². The highest BCUT2D eigenvalue weighted by atomic mass is 19.1. The zero-order valence-electron chi connectivity index (χ0n) is 16.4. The smallest absolute Gasteiger partial charge is 0.338 e. The first-order chi connectivity index (χ1) is 14.4. The van der Waals surface area contributed by atoms with Gasteiger partial charge in [-0.1, -0.05) is 18.2 Å². The van der Waals surface area contributed by atoms with Gasteiger partial charge in [0.25, 0.3) is 5.91 Å². The highest BCUT2D eigenvalue weighted by molar-refractivity contribution is 5.92. The van der Waals surface area contributed by atoms with E-state index in [-0.39, 0.29) is 36.2 Å². The fraction of sp³-hybridized carbons (Fsp3) is 0.333. The summed E-state index contributed by atoms with van der Waals surface area (Å²) in [5, 5.41) is 11.2. The van der Waals surface area contributed by atoms with Gasteiger partial charge >= 0.3 is 11.7 Å². The molecule has 0 aliphatic heterocycles. The summed E-state index contributed by atoms with van der Waals surface area (Å²) >= 11 is 0. The summed E-state index contributed by atoms with van der Waals surface area (Å²) in [4.78, 5) is 36.9. The molecule has 1 aliphatic carbocycles. The fourth-order valence-corrected chi connectivity index (χ4v) is 2.98. The van der Waals surface area contributed by atoms with Crippen molar-refractivity contribution in [3.05, 3.63) is 69.5 Å². The summed E-state index contributed by atoms with van der Waals surface area (Å²) in [5.41, 5.74) is -0.0481. The predicted octanol–water partition coefficient (Wildman–Crippen LogP) is 3.48. The van der Waals surface area contributed by atoms with Crippen LogP contribution in [0.5, 0.6) is 5.75 Å². The number of ether oxygens (including phenoxy) is 2. The molecule has 158 valence electrons. The van der Waals surface area contributed by atoms with Crippen LogP contribution < -0.4 is 4.74 Å². The summed E-state index contributed by atoms with van der Waals surface area (Å²) in [6, 6.07) is 9.87. The Labute approximate surface area is 172 Å². The average Bonchev–Trinajstić information content (AvgIpc) is 3.56. The van der Waals surface area contributed by atoms with Crippen LogP contribution in [-0.4, -0.2) is 41.0 Å². The van der Waals surface area contributed by atoms with E-state index in [9.17, 15) is 24.1 Å². The molecule has 9 heteroatoms. The fourth-order valence-electron chi connectivity index (χ4n) is 2.98. The highest BCUT2D eigenvalue weighted by Gasteiger charge is 2.33. The molecule has 0 radical (unpaired) electrons. The molecule has 3 rings (SSSR count). The van der Waals surface area contributed by atoms with Crippen molar-refractivity contribution in [3.8, 4) is 5.75 Å². The minimum Gasteiger partial charge on any atom is -0.487 e. The molecule has 1 saturated carbocycles. The number of halogens is 1. The van der Waals surface area contributed by atoms with E-state index >= 15 is 0 Å². The molecule has 0 N–H and O–H groups in total. The maximum absolute atomic E-state index is 13.9. The van der Waals surface area contributed by atoms with Gasteiger partial charge in [-0.25, -0.2) is 9.18 Å². The number of nitro groups is 1. The van der Waals surface area contributed by atoms with Gasteiger partial charge in [-0.2, -0.15) is 0 Å². The number of carbonyl (C=O) groups excluding carboxylic acids is 2. The summed E-state index contributed by atoms with van der Waals surface area (Å²) in [7, 11) is 0. The second kappa shape index (κ2) is 9.34. The molecular weight excluding hydrogens is 395 g/mol. The van der Waals surface area contributed by atoms with Gasteiger partial charge in [-0.3, -0.25) is 14.9 Å². The van der Waals surface area contributed by atoms with Gasteiger partial charge < -0.3 is 14.4 Å². The summed E-state index contributed by atoms with van der Waals surface area (Å²) in [6.07, 6.45) is 1.61. The van der Waals surface area contributed by atoms with Crippen molar-refractivity contribution in [2.45, 2.75) is 32.4 Å². The van der Waals surface area contributed by atoms with Crippen molar-refractivity contribution in [1.29, 1.82) is 0 Å². The van der Waals surface area contributed by atoms with Crippen LogP contribution in [-0.2, 0) is 16.1 Å². The molecule has 1 amide bonds. The Morgan fingerprint density at radius 2 is 1.97 bits per heavy atom. The lowest BCUT2D eigenvalue weighted by atomic mass is 10.2. The summed E-state index contributed by atoms with van der Waals surface area (Å²) in [5.74, 6) is -1.68. The van der Waals surface area contributed by atoms with Gasteiger partial charge in [-0.15, -0.1) is 0 Å². The Morgan fingerprint density at radius 1 is 1.23 bits per heavy atom. The molecule has 0 unspecified atom stereocenters. The minimum absolute atomic E-state index is 0.0117. The first kappa shape index (κ1) is 21.2. The van der Waals surface area contributed by atoms with E-state index in [2.05, 4.69) is 0 Å². The first-order valence-electron chi connectivity index (χ1n) is 9.52. The number of nitro benzene ring substituents is 1. The maximum Gasteiger partial charge on any atom is 0.338 e. The van der Waals surface area contributed by atoms with Crippen molar-refractivity contribution in [1.82, 2.24) is 4.90 Å². The van der Waals surface area contributed by atoms with E-state index in [1.807, 2.05) is 0 Å². The monoisotopic (exact) mass is 416 g/mol. The molecule has 2 aromatic rings. The SMILES string of the molecule is CCOc1ccc(C(=O)OCC(=O)N(Cc2ccccc2F)C2CC2)cc1[N+](=O)[O-]. The van der Waals surface area contributed by atoms with Crippen LogP contribution in [0.2, 0.25) is 0 Å². The molecule has 30 heavy (non-hydrogen) atoms. The van der Waals surface area contributed by atoms with E-state index < -0.39 is 29.2 Å². The van der Waals surface area contributed by atoms with Gasteiger partial charge in [-0.05, 0) is 38.0 Å². The van der Waals surface area contributed by atoms with Gasteiger partial charge in [0.2, 0.25) is 0 Å². The highest BCUT2D eigenvalue weighted by Crippen LogP contribution is 2.30. The van der Waals surface area contributed by atoms with Crippen LogP contribution in [0.4, 0.5) is 10.1 Å². The van der Waals surface area contributed by atoms with Crippen LogP contribution >= 0.6 is 0 Å². The van der Waals surface area contributed by atoms with E-state index in [1.54, 1.807) is 25.1 Å². The van der Waals surface area contributed by atoms with E-state index in [1.165, 1.54) is 23.1 Å². The van der Waals surface area contributed by atoms with Crippen molar-refractivity contribution in [2.75, 3.05) is 13.2 Å². The number of carbonyl (C=O) groups is 2. The number of nitrogens with zero attached hydrogens (tertiary/aromatic N) is 2. The number of hydrogen-bond acceptors (Lipinski definition) is 6. The molecule has 0 bridgehead atoms. The topological polar surface area (TPSA) is 99.0 Å². The van der Waals surface area contributed by atoms with Gasteiger partial charge in [0.05, 0.1) is 17.1 Å². The van der Waals surface area contributed by atoms with Crippen LogP contribution in [0.1, 0.15) is 35.7 Å². The van der Waals surface area contributed by atoms with E-state index in [0.717, 1.165) is 18.9 Å². The first-order valence-corrected chi connectivity index (χ1v) is 9.52. The molecule has 0 saturated heterocycles. The molecule has 1 fully saturated rings.